The van der Waals surface area contributed by atoms with E-state index in [0.717, 1.165) is 13.0 Å². The van der Waals surface area contributed by atoms with Crippen molar-refractivity contribution in [3.63, 3.8) is 0 Å². The quantitative estimate of drug-likeness (QED) is 0.709. The standard InChI is InChI=1S/C12H22N2O3S2/c1-10(2)14(3)6-4-5-13-19(16,17)12-7-11(8-15)18-9-12/h7,9-10,13,15H,4-6,8H2,1-3H3. The molecule has 0 bridgehead atoms. The number of aliphatic hydroxyl groups excluding tert-OH is 1. The van der Waals surface area contributed by atoms with Gasteiger partial charge in [-0.3, -0.25) is 0 Å². The maximum absolute atomic E-state index is 11.9. The number of hydrogen-bond donors (Lipinski definition) is 2. The van der Waals surface area contributed by atoms with Crippen molar-refractivity contribution in [3.8, 4) is 0 Å². The fraction of sp³-hybridized carbons (Fsp3) is 0.667. The summed E-state index contributed by atoms with van der Waals surface area (Å²) in [5.74, 6) is 0. The summed E-state index contributed by atoms with van der Waals surface area (Å²) in [5, 5.41) is 10.5. The summed E-state index contributed by atoms with van der Waals surface area (Å²) in [6, 6.07) is 1.97. The molecule has 0 unspecified atom stereocenters. The van der Waals surface area contributed by atoms with Gasteiger partial charge >= 0.3 is 0 Å². The monoisotopic (exact) mass is 306 g/mol. The van der Waals surface area contributed by atoms with Gasteiger partial charge in [0.15, 0.2) is 0 Å². The van der Waals surface area contributed by atoms with E-state index in [9.17, 15) is 8.42 Å². The minimum Gasteiger partial charge on any atom is -0.391 e. The summed E-state index contributed by atoms with van der Waals surface area (Å²) in [5.41, 5.74) is 0. The predicted octanol–water partition coefficient (Wildman–Crippen LogP) is 1.25. The van der Waals surface area contributed by atoms with Gasteiger partial charge in [0.2, 0.25) is 10.0 Å². The van der Waals surface area contributed by atoms with E-state index >= 15 is 0 Å². The first-order valence-electron chi connectivity index (χ1n) is 6.25. The number of rotatable bonds is 8. The second-order valence-electron chi connectivity index (χ2n) is 4.73. The molecule has 0 aliphatic rings. The molecule has 0 fully saturated rings. The third-order valence-corrected chi connectivity index (χ3v) is 5.47. The molecule has 19 heavy (non-hydrogen) atoms. The van der Waals surface area contributed by atoms with Crippen LogP contribution in [0.25, 0.3) is 0 Å². The Kier molecular flexibility index (Phi) is 6.41. The molecule has 1 heterocycles. The topological polar surface area (TPSA) is 69.6 Å². The van der Waals surface area contributed by atoms with Gasteiger partial charge in [-0.1, -0.05) is 0 Å². The maximum atomic E-state index is 11.9. The van der Waals surface area contributed by atoms with Gasteiger partial charge < -0.3 is 10.0 Å². The normalized spacial score (nSPS) is 12.5. The first-order chi connectivity index (χ1) is 8.86. The molecule has 7 heteroatoms. The van der Waals surface area contributed by atoms with E-state index in [1.807, 2.05) is 7.05 Å². The van der Waals surface area contributed by atoms with Crippen molar-refractivity contribution in [1.82, 2.24) is 9.62 Å². The molecule has 0 aliphatic heterocycles. The molecule has 5 nitrogen and oxygen atoms in total. The lowest BCUT2D eigenvalue weighted by Crippen LogP contribution is -2.31. The number of aliphatic hydroxyl groups is 1. The van der Waals surface area contributed by atoms with Crippen molar-refractivity contribution >= 4 is 21.4 Å². The zero-order valence-electron chi connectivity index (χ0n) is 11.6. The Morgan fingerprint density at radius 1 is 1.47 bits per heavy atom. The Hall–Kier alpha value is -0.470. The van der Waals surface area contributed by atoms with Gasteiger partial charge in [0.25, 0.3) is 0 Å². The van der Waals surface area contributed by atoms with E-state index in [2.05, 4.69) is 23.5 Å². The maximum Gasteiger partial charge on any atom is 0.241 e. The Morgan fingerprint density at radius 3 is 2.68 bits per heavy atom. The number of hydrogen-bond acceptors (Lipinski definition) is 5. The van der Waals surface area contributed by atoms with Gasteiger partial charge in [0.1, 0.15) is 0 Å². The molecule has 0 spiro atoms. The molecular formula is C12H22N2O3S2. The molecule has 0 radical (unpaired) electrons. The van der Waals surface area contributed by atoms with Crippen LogP contribution in [-0.4, -0.2) is 44.6 Å². The highest BCUT2D eigenvalue weighted by Gasteiger charge is 2.15. The summed E-state index contributed by atoms with van der Waals surface area (Å²) in [6.45, 7) is 5.35. The number of nitrogens with zero attached hydrogens (tertiary/aromatic N) is 1. The van der Waals surface area contributed by atoms with E-state index in [1.165, 1.54) is 17.4 Å². The van der Waals surface area contributed by atoms with Crippen LogP contribution < -0.4 is 4.72 Å². The fourth-order valence-corrected chi connectivity index (χ4v) is 3.67. The van der Waals surface area contributed by atoms with E-state index in [0.29, 0.717) is 17.5 Å². The van der Waals surface area contributed by atoms with Gasteiger partial charge in [-0.15, -0.1) is 11.3 Å². The average Bonchev–Trinajstić information content (AvgIpc) is 2.83. The fourth-order valence-electron chi connectivity index (χ4n) is 1.46. The van der Waals surface area contributed by atoms with Crippen molar-refractivity contribution in [1.29, 1.82) is 0 Å². The lowest BCUT2D eigenvalue weighted by molar-refractivity contribution is 0.271. The van der Waals surface area contributed by atoms with Crippen molar-refractivity contribution in [3.05, 3.63) is 16.3 Å². The van der Waals surface area contributed by atoms with Crippen LogP contribution in [0.5, 0.6) is 0 Å². The first-order valence-corrected chi connectivity index (χ1v) is 8.61. The highest BCUT2D eigenvalue weighted by atomic mass is 32.2. The van der Waals surface area contributed by atoms with Crippen molar-refractivity contribution in [2.45, 2.75) is 37.8 Å². The average molecular weight is 306 g/mol. The van der Waals surface area contributed by atoms with Gasteiger partial charge in [0, 0.05) is 22.8 Å². The van der Waals surface area contributed by atoms with E-state index < -0.39 is 10.0 Å². The molecular weight excluding hydrogens is 284 g/mol. The van der Waals surface area contributed by atoms with Crippen LogP contribution in [-0.2, 0) is 16.6 Å². The summed E-state index contributed by atoms with van der Waals surface area (Å²) >= 11 is 1.25. The zero-order valence-corrected chi connectivity index (χ0v) is 13.2. The van der Waals surface area contributed by atoms with Crippen LogP contribution in [0, 0.1) is 0 Å². The number of nitrogens with one attached hydrogen (secondary N) is 1. The molecule has 1 aromatic heterocycles. The smallest absolute Gasteiger partial charge is 0.241 e. The second-order valence-corrected chi connectivity index (χ2v) is 7.50. The molecule has 1 aromatic rings. The first kappa shape index (κ1) is 16.6. The Bertz CT molecular complexity index is 483. The largest absolute Gasteiger partial charge is 0.391 e. The number of sulfonamides is 1. The second kappa shape index (κ2) is 7.35. The highest BCUT2D eigenvalue weighted by molar-refractivity contribution is 7.89. The predicted molar refractivity (Wildman–Crippen MR) is 77.8 cm³/mol. The highest BCUT2D eigenvalue weighted by Crippen LogP contribution is 2.18. The minimum atomic E-state index is -3.44. The van der Waals surface area contributed by atoms with Gasteiger partial charge in [-0.05, 0) is 39.9 Å². The van der Waals surface area contributed by atoms with E-state index in [4.69, 9.17) is 5.11 Å². The molecule has 110 valence electrons. The van der Waals surface area contributed by atoms with Gasteiger partial charge in [-0.25, -0.2) is 13.1 Å². The molecule has 0 atom stereocenters. The van der Waals surface area contributed by atoms with Gasteiger partial charge in [0.05, 0.1) is 11.5 Å². The van der Waals surface area contributed by atoms with Crippen molar-refractivity contribution in [2.75, 3.05) is 20.1 Å². The van der Waals surface area contributed by atoms with Crippen LogP contribution in [0.15, 0.2) is 16.3 Å². The van der Waals surface area contributed by atoms with Crippen LogP contribution in [0.4, 0.5) is 0 Å². The minimum absolute atomic E-state index is 0.126. The molecule has 0 aliphatic carbocycles. The lowest BCUT2D eigenvalue weighted by Gasteiger charge is -2.20. The van der Waals surface area contributed by atoms with E-state index in [1.54, 1.807) is 5.38 Å². The van der Waals surface area contributed by atoms with Gasteiger partial charge in [-0.2, -0.15) is 0 Å². The van der Waals surface area contributed by atoms with Crippen LogP contribution >= 0.6 is 11.3 Å². The lowest BCUT2D eigenvalue weighted by atomic mass is 10.3. The van der Waals surface area contributed by atoms with Crippen molar-refractivity contribution in [2.24, 2.45) is 0 Å². The summed E-state index contributed by atoms with van der Waals surface area (Å²) < 4.78 is 26.5. The SMILES string of the molecule is CC(C)N(C)CCCNS(=O)(=O)c1csc(CO)c1. The molecule has 0 aromatic carbocycles. The Balaban J connectivity index is 2.43. The van der Waals surface area contributed by atoms with E-state index in [-0.39, 0.29) is 11.5 Å². The summed E-state index contributed by atoms with van der Waals surface area (Å²) in [4.78, 5) is 3.06. The Labute approximate surface area is 119 Å². The van der Waals surface area contributed by atoms with Crippen LogP contribution in [0.1, 0.15) is 25.1 Å². The molecule has 0 saturated heterocycles. The van der Waals surface area contributed by atoms with Crippen LogP contribution in [0.2, 0.25) is 0 Å². The molecule has 1 rings (SSSR count). The number of thiophene rings is 1. The Morgan fingerprint density at radius 2 is 2.16 bits per heavy atom. The van der Waals surface area contributed by atoms with Crippen molar-refractivity contribution < 1.29 is 13.5 Å². The third kappa shape index (κ3) is 5.19. The zero-order chi connectivity index (χ0) is 14.5. The third-order valence-electron chi connectivity index (χ3n) is 2.96. The summed E-state index contributed by atoms with van der Waals surface area (Å²) in [7, 11) is -1.42. The molecule has 0 saturated carbocycles. The summed E-state index contributed by atoms with van der Waals surface area (Å²) in [6.07, 6.45) is 0.769. The molecule has 2 N–H and O–H groups in total. The van der Waals surface area contributed by atoms with Crippen LogP contribution in [0.3, 0.4) is 0 Å². The molecule has 0 amide bonds.